The van der Waals surface area contributed by atoms with Crippen molar-refractivity contribution >= 4 is 23.4 Å². The molecule has 1 aromatic heterocycles. The summed E-state index contributed by atoms with van der Waals surface area (Å²) in [7, 11) is 1.54. The Morgan fingerprint density at radius 3 is 2.94 bits per heavy atom. The van der Waals surface area contributed by atoms with E-state index < -0.39 is 6.10 Å². The number of anilines is 2. The van der Waals surface area contributed by atoms with E-state index in [0.29, 0.717) is 23.3 Å². The predicted molar refractivity (Wildman–Crippen MR) is 72.2 cm³/mol. The van der Waals surface area contributed by atoms with Crippen molar-refractivity contribution in [3.05, 3.63) is 11.2 Å². The SMILES string of the molecule is CCCNc1ncc(Cl)c(NCC(O)COC)n1. The van der Waals surface area contributed by atoms with E-state index in [1.807, 2.05) is 0 Å². The number of rotatable bonds is 8. The van der Waals surface area contributed by atoms with E-state index in [1.54, 1.807) is 0 Å². The number of ether oxygens (including phenoxy) is 1. The molecule has 0 saturated carbocycles. The van der Waals surface area contributed by atoms with Gasteiger partial charge in [-0.05, 0) is 6.42 Å². The van der Waals surface area contributed by atoms with Crippen LogP contribution in [0.5, 0.6) is 0 Å². The van der Waals surface area contributed by atoms with Gasteiger partial charge in [-0.2, -0.15) is 4.98 Å². The molecule has 0 aliphatic rings. The van der Waals surface area contributed by atoms with Gasteiger partial charge < -0.3 is 20.5 Å². The number of hydrogen-bond acceptors (Lipinski definition) is 6. The minimum absolute atomic E-state index is 0.261. The average Bonchev–Trinajstić information content (AvgIpc) is 2.36. The van der Waals surface area contributed by atoms with E-state index in [-0.39, 0.29) is 6.61 Å². The molecule has 0 saturated heterocycles. The molecular weight excluding hydrogens is 256 g/mol. The third-order valence-electron chi connectivity index (χ3n) is 2.14. The van der Waals surface area contributed by atoms with Gasteiger partial charge in [0.2, 0.25) is 5.95 Å². The van der Waals surface area contributed by atoms with Gasteiger partial charge in [0.15, 0.2) is 5.82 Å². The lowest BCUT2D eigenvalue weighted by atomic mass is 10.4. The van der Waals surface area contributed by atoms with Gasteiger partial charge in [0.05, 0.1) is 18.9 Å². The first-order valence-electron chi connectivity index (χ1n) is 5.84. The molecule has 18 heavy (non-hydrogen) atoms. The van der Waals surface area contributed by atoms with Crippen LogP contribution in [0.1, 0.15) is 13.3 Å². The Balaban J connectivity index is 2.57. The predicted octanol–water partition coefficient (Wildman–Crippen LogP) is 1.37. The lowest BCUT2D eigenvalue weighted by Gasteiger charge is -2.13. The van der Waals surface area contributed by atoms with Crippen molar-refractivity contribution in [2.24, 2.45) is 0 Å². The second-order valence-electron chi connectivity index (χ2n) is 3.81. The fourth-order valence-corrected chi connectivity index (χ4v) is 1.44. The highest BCUT2D eigenvalue weighted by molar-refractivity contribution is 6.32. The monoisotopic (exact) mass is 274 g/mol. The molecule has 1 rings (SSSR count). The van der Waals surface area contributed by atoms with Crippen molar-refractivity contribution in [3.8, 4) is 0 Å². The van der Waals surface area contributed by atoms with Gasteiger partial charge in [-0.25, -0.2) is 4.98 Å². The van der Waals surface area contributed by atoms with Crippen molar-refractivity contribution in [3.63, 3.8) is 0 Å². The number of nitrogens with one attached hydrogen (secondary N) is 2. The van der Waals surface area contributed by atoms with Crippen molar-refractivity contribution in [1.29, 1.82) is 0 Å². The summed E-state index contributed by atoms with van der Waals surface area (Å²) >= 11 is 5.96. The number of aliphatic hydroxyl groups excluding tert-OH is 1. The molecule has 1 aromatic rings. The molecule has 0 bridgehead atoms. The maximum absolute atomic E-state index is 9.52. The fourth-order valence-electron chi connectivity index (χ4n) is 1.28. The molecule has 1 heterocycles. The summed E-state index contributed by atoms with van der Waals surface area (Å²) in [6.45, 7) is 3.44. The topological polar surface area (TPSA) is 79.3 Å². The third kappa shape index (κ3) is 5.03. The summed E-state index contributed by atoms with van der Waals surface area (Å²) in [5.41, 5.74) is 0. The Hall–Kier alpha value is -1.11. The molecule has 0 fully saturated rings. The van der Waals surface area contributed by atoms with Gasteiger partial charge in [0.25, 0.3) is 0 Å². The Labute approximate surface area is 112 Å². The highest BCUT2D eigenvalue weighted by Crippen LogP contribution is 2.19. The summed E-state index contributed by atoms with van der Waals surface area (Å²) in [6.07, 6.45) is 1.91. The molecule has 0 aliphatic heterocycles. The van der Waals surface area contributed by atoms with Crippen LogP contribution < -0.4 is 10.6 Å². The number of aromatic nitrogens is 2. The van der Waals surface area contributed by atoms with Gasteiger partial charge in [-0.3, -0.25) is 0 Å². The van der Waals surface area contributed by atoms with Crippen LogP contribution in [0.25, 0.3) is 0 Å². The molecule has 3 N–H and O–H groups in total. The van der Waals surface area contributed by atoms with Gasteiger partial charge in [0.1, 0.15) is 5.02 Å². The molecule has 0 aromatic carbocycles. The Morgan fingerprint density at radius 2 is 2.28 bits per heavy atom. The summed E-state index contributed by atoms with van der Waals surface area (Å²) in [4.78, 5) is 8.28. The van der Waals surface area contributed by atoms with Crippen LogP contribution in [0.4, 0.5) is 11.8 Å². The summed E-state index contributed by atoms with van der Waals surface area (Å²) in [5, 5.41) is 16.0. The lowest BCUT2D eigenvalue weighted by Crippen LogP contribution is -2.24. The van der Waals surface area contributed by atoms with E-state index in [9.17, 15) is 5.11 Å². The molecule has 0 amide bonds. The van der Waals surface area contributed by atoms with Crippen LogP contribution in [-0.2, 0) is 4.74 Å². The number of halogens is 1. The molecule has 0 radical (unpaired) electrons. The fraction of sp³-hybridized carbons (Fsp3) is 0.636. The minimum Gasteiger partial charge on any atom is -0.389 e. The molecular formula is C11H19ClN4O2. The van der Waals surface area contributed by atoms with Crippen molar-refractivity contribution in [2.75, 3.05) is 37.4 Å². The van der Waals surface area contributed by atoms with E-state index >= 15 is 0 Å². The Morgan fingerprint density at radius 1 is 1.50 bits per heavy atom. The Kier molecular flexibility index (Phi) is 6.70. The normalized spacial score (nSPS) is 12.2. The molecule has 6 nitrogen and oxygen atoms in total. The van der Waals surface area contributed by atoms with E-state index in [4.69, 9.17) is 16.3 Å². The standard InChI is InChI=1S/C11H19ClN4O2/c1-3-4-13-11-15-6-9(12)10(16-11)14-5-8(17)7-18-2/h6,8,17H,3-5,7H2,1-2H3,(H2,13,14,15,16). The van der Waals surface area contributed by atoms with Gasteiger partial charge >= 0.3 is 0 Å². The number of hydrogen-bond donors (Lipinski definition) is 3. The third-order valence-corrected chi connectivity index (χ3v) is 2.42. The second kappa shape index (κ2) is 8.07. The van der Waals surface area contributed by atoms with Crippen LogP contribution in [0.2, 0.25) is 5.02 Å². The zero-order chi connectivity index (χ0) is 13.4. The van der Waals surface area contributed by atoms with Crippen molar-refractivity contribution in [1.82, 2.24) is 9.97 Å². The molecule has 1 atom stereocenters. The summed E-state index contributed by atoms with van der Waals surface area (Å²) < 4.78 is 4.83. The van der Waals surface area contributed by atoms with Crippen LogP contribution >= 0.6 is 11.6 Å². The number of aliphatic hydroxyl groups is 1. The second-order valence-corrected chi connectivity index (χ2v) is 4.21. The minimum atomic E-state index is -0.604. The quantitative estimate of drug-likeness (QED) is 0.664. The van der Waals surface area contributed by atoms with Crippen LogP contribution in [0, 0.1) is 0 Å². The highest BCUT2D eigenvalue weighted by atomic mass is 35.5. The van der Waals surface area contributed by atoms with E-state index in [0.717, 1.165) is 13.0 Å². The smallest absolute Gasteiger partial charge is 0.224 e. The zero-order valence-electron chi connectivity index (χ0n) is 10.6. The molecule has 102 valence electrons. The molecule has 7 heteroatoms. The number of nitrogens with zero attached hydrogens (tertiary/aromatic N) is 2. The van der Waals surface area contributed by atoms with Gasteiger partial charge in [-0.15, -0.1) is 0 Å². The highest BCUT2D eigenvalue weighted by Gasteiger charge is 2.08. The zero-order valence-corrected chi connectivity index (χ0v) is 11.4. The molecule has 0 spiro atoms. The van der Waals surface area contributed by atoms with Crippen LogP contribution in [-0.4, -0.2) is 48.0 Å². The largest absolute Gasteiger partial charge is 0.389 e. The first-order chi connectivity index (χ1) is 8.67. The first kappa shape index (κ1) is 14.9. The number of methoxy groups -OCH3 is 1. The van der Waals surface area contributed by atoms with Crippen molar-refractivity contribution < 1.29 is 9.84 Å². The maximum atomic E-state index is 9.52. The molecule has 0 aliphatic carbocycles. The maximum Gasteiger partial charge on any atom is 0.224 e. The lowest BCUT2D eigenvalue weighted by molar-refractivity contribution is 0.0727. The first-order valence-corrected chi connectivity index (χ1v) is 6.22. The van der Waals surface area contributed by atoms with Crippen LogP contribution in [0.15, 0.2) is 6.20 Å². The summed E-state index contributed by atoms with van der Waals surface area (Å²) in [5.74, 6) is 1.02. The van der Waals surface area contributed by atoms with Crippen LogP contribution in [0.3, 0.4) is 0 Å². The summed E-state index contributed by atoms with van der Waals surface area (Å²) in [6, 6.07) is 0. The van der Waals surface area contributed by atoms with Gasteiger partial charge in [-0.1, -0.05) is 18.5 Å². The Bertz CT molecular complexity index is 365. The van der Waals surface area contributed by atoms with Crippen molar-refractivity contribution in [2.45, 2.75) is 19.4 Å². The van der Waals surface area contributed by atoms with Gasteiger partial charge in [0, 0.05) is 20.2 Å². The average molecular weight is 275 g/mol. The van der Waals surface area contributed by atoms with E-state index in [2.05, 4.69) is 27.5 Å². The molecule has 1 unspecified atom stereocenters. The van der Waals surface area contributed by atoms with E-state index in [1.165, 1.54) is 13.3 Å².